The molecule has 5 nitrogen and oxygen atoms in total. The Morgan fingerprint density at radius 1 is 1.14 bits per heavy atom. The number of thiocarbonyl (C=S) groups is 1. The second-order valence-electron chi connectivity index (χ2n) is 5.35. The van der Waals surface area contributed by atoms with Gasteiger partial charge in [0.15, 0.2) is 5.11 Å². The molecule has 1 aromatic rings. The number of hydrazine groups is 1. The van der Waals surface area contributed by atoms with Gasteiger partial charge >= 0.3 is 0 Å². The van der Waals surface area contributed by atoms with Crippen molar-refractivity contribution in [1.29, 1.82) is 0 Å². The van der Waals surface area contributed by atoms with Crippen molar-refractivity contribution in [3.63, 3.8) is 0 Å². The molecule has 0 unspecified atom stereocenters. The maximum atomic E-state index is 12.1. The largest absolute Gasteiger partial charge is 0.359 e. The van der Waals surface area contributed by atoms with Gasteiger partial charge in [0.25, 0.3) is 10.0 Å². The molecule has 1 saturated carbocycles. The monoisotopic (exact) mass is 327 g/mol. The topological polar surface area (TPSA) is 70.2 Å². The van der Waals surface area contributed by atoms with E-state index in [-0.39, 0.29) is 4.90 Å². The molecule has 0 aromatic heterocycles. The molecular weight excluding hydrogens is 306 g/mol. The van der Waals surface area contributed by atoms with Crippen molar-refractivity contribution >= 4 is 27.4 Å². The molecule has 0 aliphatic heterocycles. The van der Waals surface area contributed by atoms with Crippen molar-refractivity contribution in [1.82, 2.24) is 15.6 Å². The number of hydrogen-bond acceptors (Lipinski definition) is 3. The van der Waals surface area contributed by atoms with Gasteiger partial charge < -0.3 is 5.32 Å². The molecule has 0 bridgehead atoms. The summed E-state index contributed by atoms with van der Waals surface area (Å²) in [6.07, 6.45) is 5.79. The van der Waals surface area contributed by atoms with Crippen molar-refractivity contribution < 1.29 is 8.42 Å². The lowest BCUT2D eigenvalue weighted by Gasteiger charge is -2.24. The minimum Gasteiger partial charge on any atom is -0.359 e. The van der Waals surface area contributed by atoms with Gasteiger partial charge in [-0.05, 0) is 44.1 Å². The van der Waals surface area contributed by atoms with Crippen molar-refractivity contribution in [2.24, 2.45) is 0 Å². The molecule has 0 radical (unpaired) electrons. The smallest absolute Gasteiger partial charge is 0.257 e. The van der Waals surface area contributed by atoms with E-state index in [9.17, 15) is 8.42 Å². The van der Waals surface area contributed by atoms with Gasteiger partial charge in [0.1, 0.15) is 0 Å². The fourth-order valence-electron chi connectivity index (χ4n) is 2.36. The molecule has 1 aliphatic rings. The van der Waals surface area contributed by atoms with Crippen LogP contribution in [0.3, 0.4) is 0 Å². The van der Waals surface area contributed by atoms with Crippen LogP contribution in [0.1, 0.15) is 37.7 Å². The Bertz CT molecular complexity index is 579. The first-order chi connectivity index (χ1) is 9.97. The summed E-state index contributed by atoms with van der Waals surface area (Å²) in [4.78, 5) is 2.51. The van der Waals surface area contributed by atoms with Gasteiger partial charge in [-0.1, -0.05) is 37.0 Å². The average molecular weight is 327 g/mol. The summed E-state index contributed by atoms with van der Waals surface area (Å²) in [6, 6.07) is 6.98. The van der Waals surface area contributed by atoms with Crippen LogP contribution in [0.15, 0.2) is 29.2 Å². The predicted octanol–water partition coefficient (Wildman–Crippen LogP) is 1.99. The van der Waals surface area contributed by atoms with Gasteiger partial charge in [-0.2, -0.15) is 0 Å². The number of sulfonamides is 1. The predicted molar refractivity (Wildman–Crippen MR) is 87.2 cm³/mol. The van der Waals surface area contributed by atoms with Crippen LogP contribution in [-0.2, 0) is 10.0 Å². The highest BCUT2D eigenvalue weighted by molar-refractivity contribution is 7.89. The SMILES string of the molecule is Cc1ccc(S(=O)(=O)NNC(=S)NC2CCCCC2)cc1. The van der Waals surface area contributed by atoms with Crippen LogP contribution in [0.5, 0.6) is 0 Å². The van der Waals surface area contributed by atoms with E-state index in [1.807, 2.05) is 6.92 Å². The quantitative estimate of drug-likeness (QED) is 0.583. The van der Waals surface area contributed by atoms with Crippen LogP contribution in [-0.4, -0.2) is 19.6 Å². The maximum Gasteiger partial charge on any atom is 0.257 e. The zero-order valence-electron chi connectivity index (χ0n) is 12.1. The zero-order valence-corrected chi connectivity index (χ0v) is 13.7. The Hall–Kier alpha value is -1.18. The summed E-state index contributed by atoms with van der Waals surface area (Å²) < 4.78 is 24.2. The van der Waals surface area contributed by atoms with Crippen LogP contribution in [0.4, 0.5) is 0 Å². The molecular formula is C14H21N3O2S2. The van der Waals surface area contributed by atoms with Crippen molar-refractivity contribution in [3.05, 3.63) is 29.8 Å². The van der Waals surface area contributed by atoms with E-state index in [0.717, 1.165) is 18.4 Å². The minimum atomic E-state index is -3.60. The van der Waals surface area contributed by atoms with Gasteiger partial charge in [-0.25, -0.2) is 8.42 Å². The van der Waals surface area contributed by atoms with Crippen molar-refractivity contribution in [2.75, 3.05) is 0 Å². The Morgan fingerprint density at radius 3 is 2.38 bits per heavy atom. The molecule has 1 aliphatic carbocycles. The Kier molecular flexibility index (Phi) is 5.55. The summed E-state index contributed by atoms with van der Waals surface area (Å²) in [5.74, 6) is 0. The number of hydrogen-bond donors (Lipinski definition) is 3. The maximum absolute atomic E-state index is 12.1. The molecule has 116 valence electrons. The third kappa shape index (κ3) is 4.94. The highest BCUT2D eigenvalue weighted by atomic mass is 32.2. The van der Waals surface area contributed by atoms with E-state index < -0.39 is 10.0 Å². The van der Waals surface area contributed by atoms with Crippen LogP contribution in [0, 0.1) is 6.92 Å². The van der Waals surface area contributed by atoms with E-state index in [1.165, 1.54) is 19.3 Å². The summed E-state index contributed by atoms with van der Waals surface area (Å²) in [7, 11) is -3.60. The molecule has 0 saturated heterocycles. The normalized spacial score (nSPS) is 16.4. The molecule has 0 atom stereocenters. The fourth-order valence-corrected chi connectivity index (χ4v) is 3.49. The molecule has 7 heteroatoms. The third-order valence-electron chi connectivity index (χ3n) is 3.57. The van der Waals surface area contributed by atoms with Crippen molar-refractivity contribution in [3.8, 4) is 0 Å². The van der Waals surface area contributed by atoms with E-state index in [1.54, 1.807) is 24.3 Å². The Balaban J connectivity index is 1.86. The van der Waals surface area contributed by atoms with E-state index in [4.69, 9.17) is 12.2 Å². The van der Waals surface area contributed by atoms with Gasteiger partial charge in [0, 0.05) is 6.04 Å². The molecule has 1 aromatic carbocycles. The van der Waals surface area contributed by atoms with Gasteiger partial charge in [0.2, 0.25) is 0 Å². The number of benzene rings is 1. The van der Waals surface area contributed by atoms with Gasteiger partial charge in [-0.15, -0.1) is 4.83 Å². The summed E-state index contributed by atoms with van der Waals surface area (Å²) >= 11 is 5.12. The van der Waals surface area contributed by atoms with Crippen LogP contribution < -0.4 is 15.6 Å². The molecule has 21 heavy (non-hydrogen) atoms. The van der Waals surface area contributed by atoms with Gasteiger partial charge in [-0.3, -0.25) is 5.43 Å². The third-order valence-corrected chi connectivity index (χ3v) is 5.05. The van der Waals surface area contributed by atoms with Gasteiger partial charge in [0.05, 0.1) is 4.90 Å². The standard InChI is InChI=1S/C14H21N3O2S2/c1-11-7-9-13(10-8-11)21(18,19)17-16-14(20)15-12-5-3-2-4-6-12/h7-10,12,17H,2-6H2,1H3,(H2,15,16,20). The minimum absolute atomic E-state index is 0.209. The Labute approximate surface area is 131 Å². The zero-order chi connectivity index (χ0) is 15.3. The first-order valence-corrected chi connectivity index (χ1v) is 9.01. The molecule has 0 heterocycles. The summed E-state index contributed by atoms with van der Waals surface area (Å²) in [5, 5.41) is 3.46. The number of rotatable bonds is 4. The fraction of sp³-hybridized carbons (Fsp3) is 0.500. The lowest BCUT2D eigenvalue weighted by Crippen LogP contribution is -2.49. The number of nitrogens with one attached hydrogen (secondary N) is 3. The second-order valence-corrected chi connectivity index (χ2v) is 7.44. The second kappa shape index (κ2) is 7.20. The van der Waals surface area contributed by atoms with Crippen molar-refractivity contribution in [2.45, 2.75) is 50.0 Å². The van der Waals surface area contributed by atoms with Crippen LogP contribution in [0.2, 0.25) is 0 Å². The summed E-state index contributed by atoms with van der Waals surface area (Å²) in [5.41, 5.74) is 3.58. The van der Waals surface area contributed by atoms with Crippen LogP contribution >= 0.6 is 12.2 Å². The summed E-state index contributed by atoms with van der Waals surface area (Å²) in [6.45, 7) is 1.91. The molecule has 0 spiro atoms. The highest BCUT2D eigenvalue weighted by Gasteiger charge is 2.16. The lowest BCUT2D eigenvalue weighted by atomic mass is 9.96. The highest BCUT2D eigenvalue weighted by Crippen LogP contribution is 2.17. The molecule has 3 N–H and O–H groups in total. The molecule has 1 fully saturated rings. The van der Waals surface area contributed by atoms with E-state index in [0.29, 0.717) is 11.2 Å². The van der Waals surface area contributed by atoms with E-state index in [2.05, 4.69) is 15.6 Å². The first-order valence-electron chi connectivity index (χ1n) is 7.12. The lowest BCUT2D eigenvalue weighted by molar-refractivity contribution is 0.411. The Morgan fingerprint density at radius 2 is 1.76 bits per heavy atom. The first kappa shape index (κ1) is 16.2. The van der Waals surface area contributed by atoms with E-state index >= 15 is 0 Å². The average Bonchev–Trinajstić information content (AvgIpc) is 2.47. The number of aryl methyl sites for hydroxylation is 1. The molecule has 0 amide bonds. The van der Waals surface area contributed by atoms with Crippen LogP contribution in [0.25, 0.3) is 0 Å². The molecule has 2 rings (SSSR count).